The number of carbonyl (C=O) groups is 2. The minimum atomic E-state index is -0.722. The number of hydrogen-bond donors (Lipinski definition) is 1. The number of aryl methyl sites for hydroxylation is 1. The number of pyridine rings is 1. The molecule has 4 aromatic rings. The summed E-state index contributed by atoms with van der Waals surface area (Å²) in [5.41, 5.74) is 4.51. The van der Waals surface area contributed by atoms with Gasteiger partial charge in [-0.2, -0.15) is 0 Å². The van der Waals surface area contributed by atoms with E-state index in [1.807, 2.05) is 62.4 Å². The summed E-state index contributed by atoms with van der Waals surface area (Å²) in [7, 11) is 1.22. The Morgan fingerprint density at radius 2 is 1.79 bits per heavy atom. The molecule has 0 unspecified atom stereocenters. The van der Waals surface area contributed by atoms with Crippen LogP contribution in [0.2, 0.25) is 0 Å². The van der Waals surface area contributed by atoms with E-state index in [-0.39, 0.29) is 11.3 Å². The molecule has 0 spiro atoms. The first-order valence-corrected chi connectivity index (χ1v) is 10.6. The molecule has 5 nitrogen and oxygen atoms in total. The number of amides is 1. The molecule has 1 aromatic heterocycles. The molecule has 1 heterocycles. The zero-order chi connectivity index (χ0) is 23.5. The average Bonchev–Trinajstić information content (AvgIpc) is 2.84. The molecule has 1 amide bonds. The molecule has 0 radical (unpaired) electrons. The van der Waals surface area contributed by atoms with E-state index < -0.39 is 17.7 Å². The van der Waals surface area contributed by atoms with Crippen LogP contribution in [-0.4, -0.2) is 24.0 Å². The molecule has 3 aromatic carbocycles. The zero-order valence-electron chi connectivity index (χ0n) is 18.6. The molecule has 0 fully saturated rings. The second-order valence-electron chi connectivity index (χ2n) is 7.67. The number of fused-ring (bicyclic) bond motifs is 1. The van der Waals surface area contributed by atoms with Gasteiger partial charge in [0.05, 0.1) is 35.1 Å². The molecule has 33 heavy (non-hydrogen) atoms. The van der Waals surface area contributed by atoms with Gasteiger partial charge in [-0.1, -0.05) is 43.3 Å². The van der Waals surface area contributed by atoms with Crippen LogP contribution in [-0.2, 0) is 11.2 Å². The highest BCUT2D eigenvalue weighted by atomic mass is 19.1. The molecule has 0 bridgehead atoms. The Balaban J connectivity index is 1.84. The van der Waals surface area contributed by atoms with E-state index in [9.17, 15) is 14.0 Å². The van der Waals surface area contributed by atoms with Crippen molar-refractivity contribution in [1.82, 2.24) is 4.98 Å². The first kappa shape index (κ1) is 22.1. The lowest BCUT2D eigenvalue weighted by Crippen LogP contribution is -2.16. The van der Waals surface area contributed by atoms with E-state index in [0.717, 1.165) is 23.6 Å². The van der Waals surface area contributed by atoms with Crippen molar-refractivity contribution in [1.29, 1.82) is 0 Å². The van der Waals surface area contributed by atoms with E-state index in [2.05, 4.69) is 10.1 Å². The second-order valence-corrected chi connectivity index (χ2v) is 7.67. The fourth-order valence-electron chi connectivity index (χ4n) is 3.84. The number of hydrogen-bond acceptors (Lipinski definition) is 4. The standard InChI is InChI=1S/C27H23FN2O3/c1-4-17-10-12-22-20(14-17)24(16(2)25(29-22)18-8-6-5-7-9-18)26(31)30-23-13-11-19(15-21(23)28)27(32)33-3/h5-15H,4H2,1-3H3,(H,30,31). The molecule has 0 aliphatic carbocycles. The summed E-state index contributed by atoms with van der Waals surface area (Å²) < 4.78 is 19.3. The van der Waals surface area contributed by atoms with Crippen LogP contribution in [0.4, 0.5) is 10.1 Å². The quantitative estimate of drug-likeness (QED) is 0.388. The number of carbonyl (C=O) groups excluding carboxylic acids is 2. The zero-order valence-corrected chi connectivity index (χ0v) is 18.6. The maximum atomic E-state index is 14.7. The molecular formula is C27H23FN2O3. The summed E-state index contributed by atoms with van der Waals surface area (Å²) in [4.78, 5) is 29.9. The van der Waals surface area contributed by atoms with Crippen LogP contribution in [0.3, 0.4) is 0 Å². The summed E-state index contributed by atoms with van der Waals surface area (Å²) in [5, 5.41) is 3.37. The highest BCUT2D eigenvalue weighted by Gasteiger charge is 2.21. The first-order chi connectivity index (χ1) is 15.9. The van der Waals surface area contributed by atoms with Crippen LogP contribution in [0.1, 0.15) is 38.8 Å². The fraction of sp³-hybridized carbons (Fsp3) is 0.148. The number of halogens is 1. The van der Waals surface area contributed by atoms with E-state index in [1.165, 1.54) is 19.2 Å². The number of rotatable bonds is 5. The maximum Gasteiger partial charge on any atom is 0.337 e. The minimum absolute atomic E-state index is 0.0232. The Hall–Kier alpha value is -4.06. The largest absolute Gasteiger partial charge is 0.465 e. The van der Waals surface area contributed by atoms with Gasteiger partial charge in [0.2, 0.25) is 0 Å². The van der Waals surface area contributed by atoms with Crippen LogP contribution in [0.5, 0.6) is 0 Å². The van der Waals surface area contributed by atoms with Gasteiger partial charge in [0.1, 0.15) is 5.82 Å². The van der Waals surface area contributed by atoms with Crippen molar-refractivity contribution in [2.75, 3.05) is 12.4 Å². The topological polar surface area (TPSA) is 68.3 Å². The number of aromatic nitrogens is 1. The van der Waals surface area contributed by atoms with Crippen LogP contribution >= 0.6 is 0 Å². The lowest BCUT2D eigenvalue weighted by molar-refractivity contribution is 0.0600. The van der Waals surface area contributed by atoms with Gasteiger partial charge in [-0.3, -0.25) is 4.79 Å². The highest BCUT2D eigenvalue weighted by Crippen LogP contribution is 2.31. The SMILES string of the molecule is CCc1ccc2nc(-c3ccccc3)c(C)c(C(=O)Nc3ccc(C(=O)OC)cc3F)c2c1. The maximum absolute atomic E-state index is 14.7. The van der Waals surface area contributed by atoms with Crippen molar-refractivity contribution in [2.45, 2.75) is 20.3 Å². The average molecular weight is 442 g/mol. The van der Waals surface area contributed by atoms with Gasteiger partial charge in [-0.05, 0) is 54.8 Å². The Morgan fingerprint density at radius 3 is 2.45 bits per heavy atom. The van der Waals surface area contributed by atoms with Gasteiger partial charge in [0.25, 0.3) is 5.91 Å². The molecule has 0 atom stereocenters. The molecule has 6 heteroatoms. The van der Waals surface area contributed by atoms with E-state index in [0.29, 0.717) is 27.7 Å². The number of nitrogens with one attached hydrogen (secondary N) is 1. The number of esters is 1. The molecular weight excluding hydrogens is 419 g/mol. The molecule has 0 saturated heterocycles. The number of ether oxygens (including phenoxy) is 1. The van der Waals surface area contributed by atoms with Gasteiger partial charge < -0.3 is 10.1 Å². The summed E-state index contributed by atoms with van der Waals surface area (Å²) in [6.07, 6.45) is 0.806. The number of benzene rings is 3. The smallest absolute Gasteiger partial charge is 0.337 e. The molecule has 0 saturated carbocycles. The highest BCUT2D eigenvalue weighted by molar-refractivity contribution is 6.14. The van der Waals surface area contributed by atoms with Gasteiger partial charge >= 0.3 is 5.97 Å². The number of nitrogens with zero attached hydrogens (tertiary/aromatic N) is 1. The monoisotopic (exact) mass is 442 g/mol. The second kappa shape index (κ2) is 9.20. The molecule has 1 N–H and O–H groups in total. The van der Waals surface area contributed by atoms with E-state index >= 15 is 0 Å². The van der Waals surface area contributed by atoms with Crippen molar-refractivity contribution in [2.24, 2.45) is 0 Å². The predicted octanol–water partition coefficient (Wildman–Crippen LogP) is 5.95. The summed E-state index contributed by atoms with van der Waals surface area (Å²) >= 11 is 0. The van der Waals surface area contributed by atoms with Crippen LogP contribution in [0, 0.1) is 12.7 Å². The van der Waals surface area contributed by atoms with Gasteiger partial charge in [0, 0.05) is 10.9 Å². The van der Waals surface area contributed by atoms with Gasteiger partial charge in [-0.15, -0.1) is 0 Å². The van der Waals surface area contributed by atoms with E-state index in [1.54, 1.807) is 0 Å². The Bertz CT molecular complexity index is 1370. The molecule has 4 rings (SSSR count). The molecule has 166 valence electrons. The van der Waals surface area contributed by atoms with Crippen molar-refractivity contribution in [3.05, 3.63) is 94.8 Å². The van der Waals surface area contributed by atoms with Gasteiger partial charge in [-0.25, -0.2) is 14.2 Å². The van der Waals surface area contributed by atoms with Crippen molar-refractivity contribution < 1.29 is 18.7 Å². The third-order valence-electron chi connectivity index (χ3n) is 5.61. The minimum Gasteiger partial charge on any atom is -0.465 e. The number of anilines is 1. The van der Waals surface area contributed by atoms with Crippen LogP contribution in [0.25, 0.3) is 22.2 Å². The number of methoxy groups -OCH3 is 1. The van der Waals surface area contributed by atoms with Crippen molar-refractivity contribution in [3.8, 4) is 11.3 Å². The Labute approximate surface area is 191 Å². The summed E-state index contributed by atoms with van der Waals surface area (Å²) in [6, 6.07) is 19.3. The van der Waals surface area contributed by atoms with Crippen molar-refractivity contribution in [3.63, 3.8) is 0 Å². The third kappa shape index (κ3) is 4.32. The summed E-state index contributed by atoms with van der Waals surface area (Å²) in [5.74, 6) is -1.82. The summed E-state index contributed by atoms with van der Waals surface area (Å²) in [6.45, 7) is 3.89. The molecule has 0 aliphatic rings. The van der Waals surface area contributed by atoms with Crippen LogP contribution in [0.15, 0.2) is 66.7 Å². The Kier molecular flexibility index (Phi) is 6.18. The predicted molar refractivity (Wildman–Crippen MR) is 127 cm³/mol. The lowest BCUT2D eigenvalue weighted by atomic mass is 9.95. The van der Waals surface area contributed by atoms with Crippen molar-refractivity contribution >= 4 is 28.5 Å². The Morgan fingerprint density at radius 1 is 1.03 bits per heavy atom. The third-order valence-corrected chi connectivity index (χ3v) is 5.61. The van der Waals surface area contributed by atoms with Crippen LogP contribution < -0.4 is 5.32 Å². The van der Waals surface area contributed by atoms with Gasteiger partial charge in [0.15, 0.2) is 0 Å². The van der Waals surface area contributed by atoms with E-state index in [4.69, 9.17) is 4.98 Å². The lowest BCUT2D eigenvalue weighted by Gasteiger charge is -2.16. The fourth-order valence-corrected chi connectivity index (χ4v) is 3.84. The first-order valence-electron chi connectivity index (χ1n) is 10.6. The normalized spacial score (nSPS) is 10.8. The molecule has 0 aliphatic heterocycles.